The lowest BCUT2D eigenvalue weighted by Gasteiger charge is -2.13. The number of nitrogen functional groups attached to an aromatic ring is 1. The number of carbonyl (C=O) groups is 1. The molecule has 0 spiro atoms. The zero-order valence-electron chi connectivity index (χ0n) is 11.2. The Morgan fingerprint density at radius 3 is 2.84 bits per heavy atom. The van der Waals surface area contributed by atoms with Gasteiger partial charge in [0, 0.05) is 11.1 Å². The number of rotatable bonds is 1. The van der Waals surface area contributed by atoms with Crippen LogP contribution >= 0.6 is 0 Å². The average molecular weight is 255 g/mol. The van der Waals surface area contributed by atoms with Crippen molar-refractivity contribution < 1.29 is 4.79 Å². The van der Waals surface area contributed by atoms with E-state index in [2.05, 4.69) is 19.3 Å². The van der Waals surface area contributed by atoms with E-state index in [4.69, 9.17) is 10.8 Å². The Labute approximate surface area is 112 Å². The van der Waals surface area contributed by atoms with Gasteiger partial charge in [-0.3, -0.25) is 15.2 Å². The van der Waals surface area contributed by atoms with Crippen molar-refractivity contribution in [1.82, 2.24) is 10.4 Å². The van der Waals surface area contributed by atoms with Gasteiger partial charge >= 0.3 is 0 Å². The number of nitrogens with zero attached hydrogens (tertiary/aromatic N) is 1. The molecule has 0 fully saturated rings. The van der Waals surface area contributed by atoms with E-state index in [1.807, 2.05) is 12.1 Å². The van der Waals surface area contributed by atoms with Crippen LogP contribution in [-0.4, -0.2) is 10.9 Å². The zero-order valence-corrected chi connectivity index (χ0v) is 11.2. The maximum absolute atomic E-state index is 12.1. The number of hydrazine groups is 1. The van der Waals surface area contributed by atoms with Gasteiger partial charge in [0.1, 0.15) is 0 Å². The summed E-state index contributed by atoms with van der Waals surface area (Å²) < 4.78 is 0. The predicted octanol–water partition coefficient (Wildman–Crippen LogP) is 1.94. The summed E-state index contributed by atoms with van der Waals surface area (Å²) in [6, 6.07) is 4.02. The molecule has 98 valence electrons. The number of aryl methyl sites for hydroxylation is 3. The Balaban J connectivity index is 2.44. The zero-order chi connectivity index (χ0) is 13.6. The Hall–Kier alpha value is -1.94. The van der Waals surface area contributed by atoms with Crippen LogP contribution in [0.15, 0.2) is 12.1 Å². The van der Waals surface area contributed by atoms with E-state index in [9.17, 15) is 4.79 Å². The molecule has 0 saturated heterocycles. The van der Waals surface area contributed by atoms with E-state index in [0.717, 1.165) is 47.0 Å². The van der Waals surface area contributed by atoms with E-state index in [0.29, 0.717) is 5.56 Å². The summed E-state index contributed by atoms with van der Waals surface area (Å²) in [5, 5.41) is 0.909. The second-order valence-corrected chi connectivity index (χ2v) is 5.14. The lowest BCUT2D eigenvalue weighted by Crippen LogP contribution is -2.31. The van der Waals surface area contributed by atoms with E-state index >= 15 is 0 Å². The summed E-state index contributed by atoms with van der Waals surface area (Å²) in [7, 11) is 0. The van der Waals surface area contributed by atoms with Gasteiger partial charge in [0.25, 0.3) is 5.91 Å². The molecule has 3 rings (SSSR count). The van der Waals surface area contributed by atoms with Crippen molar-refractivity contribution in [3.63, 3.8) is 0 Å². The van der Waals surface area contributed by atoms with Crippen molar-refractivity contribution in [2.24, 2.45) is 5.84 Å². The van der Waals surface area contributed by atoms with Crippen molar-refractivity contribution in [2.75, 3.05) is 0 Å². The quantitative estimate of drug-likeness (QED) is 0.465. The molecule has 3 N–H and O–H groups in total. The monoisotopic (exact) mass is 255 g/mol. The Morgan fingerprint density at radius 1 is 1.32 bits per heavy atom. The molecule has 4 heteroatoms. The minimum absolute atomic E-state index is 0.214. The lowest BCUT2D eigenvalue weighted by atomic mass is 9.97. The van der Waals surface area contributed by atoms with Crippen molar-refractivity contribution in [1.29, 1.82) is 0 Å². The van der Waals surface area contributed by atoms with Crippen LogP contribution in [0.1, 0.15) is 39.2 Å². The van der Waals surface area contributed by atoms with Crippen molar-refractivity contribution in [3.05, 3.63) is 40.1 Å². The number of amides is 1. The van der Waals surface area contributed by atoms with Crippen LogP contribution in [-0.2, 0) is 12.8 Å². The number of carbonyl (C=O) groups excluding carboxylic acids is 1. The van der Waals surface area contributed by atoms with Gasteiger partial charge in [0.15, 0.2) is 0 Å². The van der Waals surface area contributed by atoms with Crippen LogP contribution in [0, 0.1) is 13.8 Å². The summed E-state index contributed by atoms with van der Waals surface area (Å²) in [6.45, 7) is 4.11. The first-order chi connectivity index (χ1) is 9.13. The lowest BCUT2D eigenvalue weighted by molar-refractivity contribution is 0.0954. The third-order valence-electron chi connectivity index (χ3n) is 4.07. The van der Waals surface area contributed by atoms with Gasteiger partial charge in [-0.05, 0) is 49.8 Å². The maximum atomic E-state index is 12.1. The molecule has 19 heavy (non-hydrogen) atoms. The highest BCUT2D eigenvalue weighted by Crippen LogP contribution is 2.31. The minimum Gasteiger partial charge on any atom is -0.290 e. The maximum Gasteiger partial charge on any atom is 0.266 e. The fraction of sp³-hybridized carbons (Fsp3) is 0.333. The molecule has 1 aromatic heterocycles. The summed E-state index contributed by atoms with van der Waals surface area (Å²) >= 11 is 0. The van der Waals surface area contributed by atoms with E-state index < -0.39 is 0 Å². The highest BCUT2D eigenvalue weighted by atomic mass is 16.2. The third-order valence-corrected chi connectivity index (χ3v) is 4.07. The molecule has 0 radical (unpaired) electrons. The first kappa shape index (κ1) is 12.1. The largest absolute Gasteiger partial charge is 0.290 e. The van der Waals surface area contributed by atoms with Crippen LogP contribution < -0.4 is 11.3 Å². The first-order valence-electron chi connectivity index (χ1n) is 6.56. The molecular weight excluding hydrogens is 238 g/mol. The van der Waals surface area contributed by atoms with E-state index in [1.165, 1.54) is 5.56 Å². The number of nitrogens with one attached hydrogen (secondary N) is 1. The van der Waals surface area contributed by atoms with Gasteiger partial charge in [0.05, 0.1) is 11.1 Å². The Bertz CT molecular complexity index is 692. The molecule has 1 amide bonds. The molecule has 0 saturated carbocycles. The summed E-state index contributed by atoms with van der Waals surface area (Å²) in [4.78, 5) is 16.9. The molecule has 1 aromatic carbocycles. The number of hydrogen-bond acceptors (Lipinski definition) is 3. The van der Waals surface area contributed by atoms with E-state index in [-0.39, 0.29) is 5.91 Å². The molecule has 0 aliphatic heterocycles. The second kappa shape index (κ2) is 4.31. The van der Waals surface area contributed by atoms with E-state index in [1.54, 1.807) is 0 Å². The summed E-state index contributed by atoms with van der Waals surface area (Å²) in [5.74, 6) is 5.12. The normalized spacial score (nSPS) is 13.6. The molecule has 0 bridgehead atoms. The van der Waals surface area contributed by atoms with Crippen LogP contribution in [0.3, 0.4) is 0 Å². The molecule has 0 atom stereocenters. The number of nitrogens with two attached hydrogens (primary N) is 1. The molecule has 2 aromatic rings. The highest BCUT2D eigenvalue weighted by Gasteiger charge is 2.24. The van der Waals surface area contributed by atoms with Crippen LogP contribution in [0.5, 0.6) is 0 Å². The van der Waals surface area contributed by atoms with Gasteiger partial charge in [0.2, 0.25) is 0 Å². The van der Waals surface area contributed by atoms with Gasteiger partial charge in [-0.25, -0.2) is 5.84 Å². The molecule has 1 heterocycles. The average Bonchev–Trinajstić information content (AvgIpc) is 2.88. The highest BCUT2D eigenvalue weighted by molar-refractivity contribution is 6.08. The number of hydrogen-bond donors (Lipinski definition) is 2. The van der Waals surface area contributed by atoms with Crippen LogP contribution in [0.25, 0.3) is 10.9 Å². The molecule has 0 unspecified atom stereocenters. The van der Waals surface area contributed by atoms with Crippen LogP contribution in [0.2, 0.25) is 0 Å². The predicted molar refractivity (Wildman–Crippen MR) is 74.9 cm³/mol. The molecule has 4 nitrogen and oxygen atoms in total. The van der Waals surface area contributed by atoms with Gasteiger partial charge < -0.3 is 0 Å². The standard InChI is InChI=1S/C15H17N3O/c1-8-6-7-11-13(15(19)18-16)10-4-3-5-12(10)17-14(11)9(8)2/h6-7H,3-5,16H2,1-2H3,(H,18,19). The minimum atomic E-state index is -0.214. The van der Waals surface area contributed by atoms with Crippen molar-refractivity contribution >= 4 is 16.8 Å². The molecule has 1 aliphatic carbocycles. The van der Waals surface area contributed by atoms with Gasteiger partial charge in [-0.1, -0.05) is 12.1 Å². The third kappa shape index (κ3) is 1.71. The van der Waals surface area contributed by atoms with Crippen LogP contribution in [0.4, 0.5) is 0 Å². The molecule has 1 aliphatic rings. The second-order valence-electron chi connectivity index (χ2n) is 5.14. The Morgan fingerprint density at radius 2 is 2.11 bits per heavy atom. The topological polar surface area (TPSA) is 68.0 Å². The number of fused-ring (bicyclic) bond motifs is 2. The first-order valence-corrected chi connectivity index (χ1v) is 6.56. The number of pyridine rings is 1. The SMILES string of the molecule is Cc1ccc2c(C(=O)NN)c3c(nc2c1C)CCC3. The fourth-order valence-electron chi connectivity index (χ4n) is 2.90. The van der Waals surface area contributed by atoms with Gasteiger partial charge in [-0.15, -0.1) is 0 Å². The summed E-state index contributed by atoms with van der Waals surface area (Å²) in [5.41, 5.74) is 8.36. The summed E-state index contributed by atoms with van der Waals surface area (Å²) in [6.07, 6.45) is 2.92. The van der Waals surface area contributed by atoms with Gasteiger partial charge in [-0.2, -0.15) is 0 Å². The van der Waals surface area contributed by atoms with Crippen molar-refractivity contribution in [2.45, 2.75) is 33.1 Å². The number of benzene rings is 1. The Kier molecular flexibility index (Phi) is 2.75. The van der Waals surface area contributed by atoms with Crippen molar-refractivity contribution in [3.8, 4) is 0 Å². The fourth-order valence-corrected chi connectivity index (χ4v) is 2.90. The molecular formula is C15H17N3O. The smallest absolute Gasteiger partial charge is 0.266 e. The number of aromatic nitrogens is 1.